The van der Waals surface area contributed by atoms with Crippen molar-refractivity contribution in [3.8, 4) is 5.75 Å². The summed E-state index contributed by atoms with van der Waals surface area (Å²) in [6, 6.07) is 13.4. The largest absolute Gasteiger partial charge is 0.476 e. The molecular weight excluding hydrogens is 463 g/mol. The van der Waals surface area contributed by atoms with Crippen LogP contribution in [-0.4, -0.2) is 32.2 Å². The third-order valence-corrected chi connectivity index (χ3v) is 9.02. The number of aliphatic carboxylic acids is 1. The second-order valence-electron chi connectivity index (χ2n) is 8.82. The minimum atomic E-state index is -3.18. The molecular formula is C25H31FO5S2. The Morgan fingerprint density at radius 3 is 2.61 bits per heavy atom. The lowest BCUT2D eigenvalue weighted by Crippen LogP contribution is -2.25. The number of thioether (sulfide) groups is 1. The average molecular weight is 495 g/mol. The number of carboxylic acid groups (broad SMARTS) is 1. The Balaban J connectivity index is 2.18. The maximum Gasteiger partial charge on any atom is 0.368 e. The third kappa shape index (κ3) is 5.93. The van der Waals surface area contributed by atoms with E-state index in [4.69, 9.17) is 9.84 Å². The molecule has 1 aliphatic rings. The van der Waals surface area contributed by atoms with Gasteiger partial charge >= 0.3 is 5.97 Å². The van der Waals surface area contributed by atoms with E-state index in [0.29, 0.717) is 16.1 Å². The molecule has 0 aromatic heterocycles. The van der Waals surface area contributed by atoms with Crippen molar-refractivity contribution in [1.82, 2.24) is 0 Å². The first kappa shape index (κ1) is 25.6. The molecule has 0 saturated heterocycles. The molecule has 2 atom stereocenters. The molecule has 2 aromatic rings. The zero-order chi connectivity index (χ0) is 24.2. The van der Waals surface area contributed by atoms with Gasteiger partial charge in [0.25, 0.3) is 0 Å². The molecule has 1 heterocycles. The van der Waals surface area contributed by atoms with Gasteiger partial charge in [-0.2, -0.15) is 15.0 Å². The summed E-state index contributed by atoms with van der Waals surface area (Å²) in [6.07, 6.45) is 6.03. The molecule has 0 saturated carbocycles. The maximum atomic E-state index is 13.5. The second kappa shape index (κ2) is 10.5. The van der Waals surface area contributed by atoms with Crippen molar-refractivity contribution in [2.75, 3.05) is 12.0 Å². The van der Waals surface area contributed by atoms with Gasteiger partial charge in [0.2, 0.25) is 5.83 Å². The first-order valence-corrected chi connectivity index (χ1v) is 13.8. The minimum absolute atomic E-state index is 0.0528. The SMILES string of the molecule is CCCCC1(C)CC(c2ccccc2)c2cc(SC)c(O/C=C(\F)C(=O)O)cc2S(O)(O)C1. The average Bonchev–Trinajstić information content (AvgIpc) is 2.87. The highest BCUT2D eigenvalue weighted by molar-refractivity contribution is 8.24. The lowest BCUT2D eigenvalue weighted by atomic mass is 9.74. The molecule has 3 rings (SSSR count). The Bertz CT molecular complexity index is 1020. The number of carboxylic acids is 1. The fourth-order valence-electron chi connectivity index (χ4n) is 4.52. The van der Waals surface area contributed by atoms with Gasteiger partial charge in [-0.3, -0.25) is 9.11 Å². The number of unbranched alkanes of at least 4 members (excludes halogenated alkanes) is 1. The normalized spacial score (nSPS) is 23.3. The third-order valence-electron chi connectivity index (χ3n) is 6.10. The first-order valence-electron chi connectivity index (χ1n) is 10.9. The van der Waals surface area contributed by atoms with Crippen LogP contribution in [0, 0.1) is 5.41 Å². The van der Waals surface area contributed by atoms with Crippen LogP contribution in [0.15, 0.2) is 64.3 Å². The van der Waals surface area contributed by atoms with E-state index in [1.165, 1.54) is 11.8 Å². The summed E-state index contributed by atoms with van der Waals surface area (Å²) >= 11 is 1.37. The van der Waals surface area contributed by atoms with Gasteiger partial charge in [-0.1, -0.05) is 57.0 Å². The van der Waals surface area contributed by atoms with Gasteiger partial charge < -0.3 is 9.84 Å². The number of rotatable bonds is 8. The van der Waals surface area contributed by atoms with E-state index >= 15 is 0 Å². The zero-order valence-electron chi connectivity index (χ0n) is 19.1. The van der Waals surface area contributed by atoms with Gasteiger partial charge in [0.05, 0.1) is 9.79 Å². The number of halogens is 1. The molecule has 33 heavy (non-hydrogen) atoms. The predicted molar refractivity (Wildman–Crippen MR) is 132 cm³/mol. The highest BCUT2D eigenvalue weighted by Gasteiger charge is 2.41. The van der Waals surface area contributed by atoms with Gasteiger partial charge in [0.1, 0.15) is 12.0 Å². The first-order chi connectivity index (χ1) is 15.6. The summed E-state index contributed by atoms with van der Waals surface area (Å²) in [5.74, 6) is -2.79. The van der Waals surface area contributed by atoms with Crippen LogP contribution in [0.2, 0.25) is 0 Å². The number of hydrogen-bond donors (Lipinski definition) is 3. The van der Waals surface area contributed by atoms with Crippen molar-refractivity contribution < 1.29 is 28.1 Å². The number of hydrogen-bond acceptors (Lipinski definition) is 5. The molecule has 0 bridgehead atoms. The van der Waals surface area contributed by atoms with E-state index in [1.54, 1.807) is 6.07 Å². The molecule has 5 nitrogen and oxygen atoms in total. The Hall–Kier alpha value is -2.00. The van der Waals surface area contributed by atoms with Crippen LogP contribution in [-0.2, 0) is 4.79 Å². The van der Waals surface area contributed by atoms with Crippen molar-refractivity contribution >= 4 is 28.3 Å². The Morgan fingerprint density at radius 1 is 1.30 bits per heavy atom. The van der Waals surface area contributed by atoms with Crippen molar-refractivity contribution in [3.05, 3.63) is 65.7 Å². The van der Waals surface area contributed by atoms with Gasteiger partial charge in [0.15, 0.2) is 0 Å². The van der Waals surface area contributed by atoms with Crippen LogP contribution < -0.4 is 4.74 Å². The van der Waals surface area contributed by atoms with Gasteiger partial charge in [0, 0.05) is 17.7 Å². The zero-order valence-corrected chi connectivity index (χ0v) is 20.7. The number of ether oxygens (including phenoxy) is 1. The molecule has 0 fully saturated rings. The van der Waals surface area contributed by atoms with Crippen LogP contribution in [0.4, 0.5) is 4.39 Å². The maximum absolute atomic E-state index is 13.5. The summed E-state index contributed by atoms with van der Waals surface area (Å²) in [6.45, 7) is 4.25. The molecule has 2 unspecified atom stereocenters. The van der Waals surface area contributed by atoms with Gasteiger partial charge in [-0.05, 0) is 41.7 Å². The van der Waals surface area contributed by atoms with E-state index < -0.39 is 22.4 Å². The van der Waals surface area contributed by atoms with E-state index in [-0.39, 0.29) is 22.8 Å². The minimum Gasteiger partial charge on any atom is -0.476 e. The summed E-state index contributed by atoms with van der Waals surface area (Å²) in [4.78, 5) is 11.9. The van der Waals surface area contributed by atoms with Crippen molar-refractivity contribution in [3.63, 3.8) is 0 Å². The van der Waals surface area contributed by atoms with Gasteiger partial charge in [-0.25, -0.2) is 4.79 Å². The quantitative estimate of drug-likeness (QED) is 0.200. The van der Waals surface area contributed by atoms with E-state index in [1.807, 2.05) is 30.5 Å². The molecule has 3 N–H and O–H groups in total. The van der Waals surface area contributed by atoms with Crippen molar-refractivity contribution in [2.24, 2.45) is 5.41 Å². The van der Waals surface area contributed by atoms with Crippen molar-refractivity contribution in [1.29, 1.82) is 0 Å². The van der Waals surface area contributed by atoms with Gasteiger partial charge in [-0.15, -0.1) is 11.8 Å². The monoisotopic (exact) mass is 494 g/mol. The lowest BCUT2D eigenvalue weighted by Gasteiger charge is -2.40. The predicted octanol–water partition coefficient (Wildman–Crippen LogP) is 7.52. The number of benzene rings is 2. The number of fused-ring (bicyclic) bond motifs is 1. The van der Waals surface area contributed by atoms with Crippen LogP contribution in [0.1, 0.15) is 56.6 Å². The summed E-state index contributed by atoms with van der Waals surface area (Å²) in [7, 11) is -3.18. The van der Waals surface area contributed by atoms with E-state index in [9.17, 15) is 18.3 Å². The Morgan fingerprint density at radius 2 is 2.00 bits per heavy atom. The summed E-state index contributed by atoms with van der Waals surface area (Å²) in [5, 5.41) is 8.78. The van der Waals surface area contributed by atoms with Crippen molar-refractivity contribution in [2.45, 2.75) is 55.2 Å². The van der Waals surface area contributed by atoms with E-state index in [2.05, 4.69) is 26.0 Å². The molecule has 0 amide bonds. The van der Waals surface area contributed by atoms with E-state index in [0.717, 1.165) is 36.8 Å². The topological polar surface area (TPSA) is 87.0 Å². The highest BCUT2D eigenvalue weighted by atomic mass is 32.3. The molecule has 180 valence electrons. The molecule has 0 spiro atoms. The molecule has 1 aliphatic heterocycles. The second-order valence-corrected chi connectivity index (χ2v) is 11.7. The standard InChI is InChI=1S/C25H31FO5S2/c1-4-5-11-25(2)14-19(17-9-7-6-8-10-17)18-12-22(32-3)21(31-15-20(26)24(27)28)13-23(18)33(29,30)16-25/h6-10,12-13,15,19,29-30H,4-5,11,14,16H2,1-3H3,(H,27,28)/b20-15-. The summed E-state index contributed by atoms with van der Waals surface area (Å²) < 4.78 is 41.6. The molecule has 8 heteroatoms. The molecule has 0 radical (unpaired) electrons. The summed E-state index contributed by atoms with van der Waals surface area (Å²) in [5.41, 5.74) is 1.63. The smallest absolute Gasteiger partial charge is 0.368 e. The molecule has 2 aromatic carbocycles. The Labute approximate surface area is 200 Å². The van der Waals surface area contributed by atoms with Crippen LogP contribution >= 0.6 is 22.4 Å². The van der Waals surface area contributed by atoms with Crippen LogP contribution in [0.3, 0.4) is 0 Å². The fraction of sp³-hybridized carbons (Fsp3) is 0.400. The molecule has 0 aliphatic carbocycles. The Kier molecular flexibility index (Phi) is 8.16. The fourth-order valence-corrected chi connectivity index (χ4v) is 7.33. The van der Waals surface area contributed by atoms with Crippen LogP contribution in [0.25, 0.3) is 0 Å². The van der Waals surface area contributed by atoms with Crippen LogP contribution in [0.5, 0.6) is 5.75 Å². The lowest BCUT2D eigenvalue weighted by molar-refractivity contribution is -0.134. The number of carbonyl (C=O) groups is 1. The highest BCUT2D eigenvalue weighted by Crippen LogP contribution is 2.62.